The predicted octanol–water partition coefficient (Wildman–Crippen LogP) is 2.35. The van der Waals surface area contributed by atoms with Crippen LogP contribution in [0.2, 0.25) is 0 Å². The van der Waals surface area contributed by atoms with Crippen molar-refractivity contribution >= 4 is 17.7 Å². The zero-order chi connectivity index (χ0) is 32.5. The molecule has 1 aliphatic carbocycles. The minimum atomic E-state index is -1.26. The van der Waals surface area contributed by atoms with Crippen molar-refractivity contribution in [3.8, 4) is 24.7 Å². The molecule has 0 saturated heterocycles. The number of amides is 3. The van der Waals surface area contributed by atoms with E-state index in [9.17, 15) is 24.6 Å². The molecule has 1 unspecified atom stereocenters. The van der Waals surface area contributed by atoms with Crippen LogP contribution in [0.15, 0.2) is 30.3 Å². The van der Waals surface area contributed by atoms with Gasteiger partial charge in [-0.2, -0.15) is 0 Å². The molecule has 2 rings (SSSR count). The van der Waals surface area contributed by atoms with Crippen LogP contribution in [0, 0.1) is 36.5 Å². The summed E-state index contributed by atoms with van der Waals surface area (Å²) in [6.45, 7) is 1.21. The number of carbonyl (C=O) groups excluding carboxylic acids is 3. The molecule has 1 aromatic carbocycles. The highest BCUT2D eigenvalue weighted by Gasteiger charge is 2.34. The van der Waals surface area contributed by atoms with Crippen molar-refractivity contribution in [3.63, 3.8) is 0 Å². The second kappa shape index (κ2) is 19.8. The van der Waals surface area contributed by atoms with Gasteiger partial charge in [0.15, 0.2) is 0 Å². The molecule has 1 fully saturated rings. The minimum Gasteiger partial charge on any atom is -0.389 e. The van der Waals surface area contributed by atoms with Crippen LogP contribution in [-0.2, 0) is 20.8 Å². The standard InChI is InChI=1S/C35H52N4O5/c1-6-8-20-29(35(44)37-30(33(42)31(40)15-7-2)24-27-18-13-10-14-19-27)36-34(43)28(23-26-16-11-9-12-17-26)25-32(41)39(5)22-21-38(3)4/h1-2,9,11-12,16-17,27-31,33,40,42H,8,10,13-15,18-25H2,3-5H3,(H,36,43)(H,37,44)/t28-,29+,30?,31+,33-/m1/s1. The van der Waals surface area contributed by atoms with E-state index in [1.165, 1.54) is 0 Å². The molecule has 4 N–H and O–H groups in total. The Hall–Kier alpha value is -3.37. The number of terminal acetylenes is 2. The van der Waals surface area contributed by atoms with E-state index in [2.05, 4.69) is 22.5 Å². The molecule has 0 spiro atoms. The van der Waals surface area contributed by atoms with Crippen LogP contribution in [0.3, 0.4) is 0 Å². The fourth-order valence-corrected chi connectivity index (χ4v) is 5.64. The first-order valence-corrected chi connectivity index (χ1v) is 15.8. The fourth-order valence-electron chi connectivity index (χ4n) is 5.64. The largest absolute Gasteiger partial charge is 0.389 e. The fraction of sp³-hybridized carbons (Fsp3) is 0.629. The third-order valence-corrected chi connectivity index (χ3v) is 8.41. The number of hydrogen-bond acceptors (Lipinski definition) is 6. The molecule has 9 heteroatoms. The second-order valence-electron chi connectivity index (χ2n) is 12.3. The predicted molar refractivity (Wildman–Crippen MR) is 173 cm³/mol. The summed E-state index contributed by atoms with van der Waals surface area (Å²) in [5.74, 6) is 3.42. The molecule has 0 aromatic heterocycles. The van der Waals surface area contributed by atoms with Crippen molar-refractivity contribution < 1.29 is 24.6 Å². The molecule has 0 bridgehead atoms. The van der Waals surface area contributed by atoms with Crippen molar-refractivity contribution in [3.05, 3.63) is 35.9 Å². The molecule has 1 saturated carbocycles. The smallest absolute Gasteiger partial charge is 0.242 e. The third kappa shape index (κ3) is 13.1. The van der Waals surface area contributed by atoms with E-state index in [0.29, 0.717) is 31.8 Å². The molecule has 1 aliphatic rings. The number of hydrogen-bond donors (Lipinski definition) is 4. The topological polar surface area (TPSA) is 122 Å². The first-order valence-electron chi connectivity index (χ1n) is 15.8. The van der Waals surface area contributed by atoms with Gasteiger partial charge in [0.2, 0.25) is 17.7 Å². The summed E-state index contributed by atoms with van der Waals surface area (Å²) in [5, 5.41) is 27.3. The summed E-state index contributed by atoms with van der Waals surface area (Å²) in [6, 6.07) is 7.73. The van der Waals surface area contributed by atoms with E-state index in [1.807, 2.05) is 49.3 Å². The summed E-state index contributed by atoms with van der Waals surface area (Å²) in [6.07, 6.45) is 14.9. The van der Waals surface area contributed by atoms with Crippen LogP contribution in [0.25, 0.3) is 0 Å². The summed E-state index contributed by atoms with van der Waals surface area (Å²) >= 11 is 0. The zero-order valence-corrected chi connectivity index (χ0v) is 26.7. The van der Waals surface area contributed by atoms with Crippen molar-refractivity contribution in [1.29, 1.82) is 0 Å². The molecule has 1 aromatic rings. The molecular formula is C35H52N4O5. The highest BCUT2D eigenvalue weighted by atomic mass is 16.3. The van der Waals surface area contributed by atoms with E-state index in [1.54, 1.807) is 11.9 Å². The third-order valence-electron chi connectivity index (χ3n) is 8.41. The number of rotatable bonds is 18. The normalized spacial score (nSPS) is 16.9. The van der Waals surface area contributed by atoms with E-state index in [4.69, 9.17) is 12.8 Å². The number of aliphatic hydroxyl groups excluding tert-OH is 2. The highest BCUT2D eigenvalue weighted by Crippen LogP contribution is 2.28. The maximum atomic E-state index is 13.7. The van der Waals surface area contributed by atoms with Gasteiger partial charge in [0.25, 0.3) is 0 Å². The minimum absolute atomic E-state index is 0.0184. The van der Waals surface area contributed by atoms with E-state index in [0.717, 1.165) is 37.7 Å². The van der Waals surface area contributed by atoms with Crippen molar-refractivity contribution in [2.45, 2.75) is 94.9 Å². The van der Waals surface area contributed by atoms with Gasteiger partial charge in [0.1, 0.15) is 12.1 Å². The van der Waals surface area contributed by atoms with Gasteiger partial charge in [-0.3, -0.25) is 14.4 Å². The van der Waals surface area contributed by atoms with Gasteiger partial charge in [-0.1, -0.05) is 62.4 Å². The number of aliphatic hydroxyl groups is 2. The van der Waals surface area contributed by atoms with Crippen LogP contribution >= 0.6 is 0 Å². The van der Waals surface area contributed by atoms with Crippen LogP contribution in [0.1, 0.15) is 69.8 Å². The van der Waals surface area contributed by atoms with E-state index in [-0.39, 0.29) is 31.6 Å². The van der Waals surface area contributed by atoms with Crippen molar-refractivity contribution in [1.82, 2.24) is 20.4 Å². The first kappa shape index (κ1) is 36.8. The van der Waals surface area contributed by atoms with Gasteiger partial charge in [-0.05, 0) is 44.8 Å². The van der Waals surface area contributed by atoms with Crippen LogP contribution in [-0.4, -0.2) is 96.3 Å². The second-order valence-corrected chi connectivity index (χ2v) is 12.3. The molecule has 0 heterocycles. The van der Waals surface area contributed by atoms with Gasteiger partial charge < -0.3 is 30.6 Å². The summed E-state index contributed by atoms with van der Waals surface area (Å²) < 4.78 is 0. The quantitative estimate of drug-likeness (QED) is 0.190. The lowest BCUT2D eigenvalue weighted by Crippen LogP contribution is -2.56. The number of likely N-dealkylation sites (N-methyl/N-ethyl adjacent to an activating group) is 2. The molecular weight excluding hydrogens is 556 g/mol. The zero-order valence-electron chi connectivity index (χ0n) is 26.7. The Morgan fingerprint density at radius 3 is 2.25 bits per heavy atom. The van der Waals surface area contributed by atoms with Gasteiger partial charge >= 0.3 is 0 Å². The molecule has 0 aliphatic heterocycles. The Balaban J connectivity index is 2.24. The highest BCUT2D eigenvalue weighted by molar-refractivity contribution is 5.91. The van der Waals surface area contributed by atoms with Crippen LogP contribution in [0.5, 0.6) is 0 Å². The van der Waals surface area contributed by atoms with Crippen LogP contribution < -0.4 is 10.6 Å². The molecule has 0 radical (unpaired) electrons. The lowest BCUT2D eigenvalue weighted by molar-refractivity contribution is -0.137. The monoisotopic (exact) mass is 608 g/mol. The number of benzene rings is 1. The number of nitrogens with zero attached hydrogens (tertiary/aromatic N) is 2. The Morgan fingerprint density at radius 2 is 1.64 bits per heavy atom. The summed E-state index contributed by atoms with van der Waals surface area (Å²) in [5.41, 5.74) is 0.902. The number of carbonyl (C=O) groups is 3. The molecule has 5 atom stereocenters. The number of nitrogens with one attached hydrogen (secondary N) is 2. The van der Waals surface area contributed by atoms with E-state index >= 15 is 0 Å². The van der Waals surface area contributed by atoms with Crippen LogP contribution in [0.4, 0.5) is 0 Å². The first-order chi connectivity index (χ1) is 21.0. The summed E-state index contributed by atoms with van der Waals surface area (Å²) in [7, 11) is 5.58. The van der Waals surface area contributed by atoms with Gasteiger partial charge in [-0.15, -0.1) is 24.7 Å². The lowest BCUT2D eigenvalue weighted by Gasteiger charge is -2.33. The Morgan fingerprint density at radius 1 is 0.955 bits per heavy atom. The summed E-state index contributed by atoms with van der Waals surface area (Å²) in [4.78, 5) is 44.2. The Bertz CT molecular complexity index is 1110. The molecule has 44 heavy (non-hydrogen) atoms. The maximum Gasteiger partial charge on any atom is 0.242 e. The Labute approximate surface area is 264 Å². The van der Waals surface area contributed by atoms with Crippen molar-refractivity contribution in [2.75, 3.05) is 34.2 Å². The maximum absolute atomic E-state index is 13.7. The lowest BCUT2D eigenvalue weighted by atomic mass is 9.82. The molecule has 3 amide bonds. The molecule has 242 valence electrons. The Kier molecular flexibility index (Phi) is 16.6. The average molecular weight is 609 g/mol. The molecule has 9 nitrogen and oxygen atoms in total. The van der Waals surface area contributed by atoms with Gasteiger partial charge in [0, 0.05) is 39.4 Å². The average Bonchev–Trinajstić information content (AvgIpc) is 3.01. The SMILES string of the molecule is C#CCC[C@H](NC(=O)[C@@H](CC(=O)N(C)CCN(C)C)Cc1ccccc1)C(=O)NC(CC1CCCCC1)[C@@H](O)[C@@H](O)CC#C. The van der Waals surface area contributed by atoms with E-state index < -0.39 is 42.0 Å². The van der Waals surface area contributed by atoms with Crippen molar-refractivity contribution in [2.24, 2.45) is 11.8 Å². The van der Waals surface area contributed by atoms with Gasteiger partial charge in [-0.25, -0.2) is 0 Å². The van der Waals surface area contributed by atoms with Gasteiger partial charge in [0.05, 0.1) is 18.1 Å².